The Bertz CT molecular complexity index is 602. The molecule has 0 saturated heterocycles. The predicted octanol–water partition coefficient (Wildman–Crippen LogP) is 3.67. The molecule has 0 aliphatic rings. The summed E-state index contributed by atoms with van der Waals surface area (Å²) in [4.78, 5) is 4.46. The normalized spacial score (nSPS) is 10.2. The Hall–Kier alpha value is -1.94. The van der Waals surface area contributed by atoms with Gasteiger partial charge in [0, 0.05) is 22.8 Å². The summed E-state index contributed by atoms with van der Waals surface area (Å²) in [7, 11) is 3.27. The van der Waals surface area contributed by atoms with Gasteiger partial charge in [-0.25, -0.2) is 0 Å². The number of ether oxygens (including phenoxy) is 2. The average Bonchev–Trinajstić information content (AvgIpc) is 2.44. The monoisotopic (exact) mass is 292 g/mol. The Morgan fingerprint density at radius 3 is 2.65 bits per heavy atom. The fraction of sp³-hybridized carbons (Fsp3) is 0.267. The predicted molar refractivity (Wildman–Crippen MR) is 80.9 cm³/mol. The van der Waals surface area contributed by atoms with Crippen molar-refractivity contribution in [1.29, 1.82) is 0 Å². The van der Waals surface area contributed by atoms with Crippen molar-refractivity contribution in [3.63, 3.8) is 0 Å². The molecule has 0 aliphatic carbocycles. The van der Waals surface area contributed by atoms with E-state index in [0.717, 1.165) is 28.6 Å². The molecule has 0 radical (unpaired) electrons. The minimum atomic E-state index is 0.564. The van der Waals surface area contributed by atoms with Crippen LogP contribution in [0.25, 0.3) is 0 Å². The first-order valence-electron chi connectivity index (χ1n) is 6.21. The van der Waals surface area contributed by atoms with Crippen molar-refractivity contribution in [3.05, 3.63) is 46.7 Å². The molecule has 0 aliphatic heterocycles. The van der Waals surface area contributed by atoms with Crippen LogP contribution in [0.15, 0.2) is 30.3 Å². The van der Waals surface area contributed by atoms with Crippen LogP contribution in [0.5, 0.6) is 11.5 Å². The molecule has 1 N–H and O–H groups in total. The van der Waals surface area contributed by atoms with Crippen molar-refractivity contribution in [2.45, 2.75) is 13.5 Å². The summed E-state index contributed by atoms with van der Waals surface area (Å²) >= 11 is 6.00. The van der Waals surface area contributed by atoms with Crippen LogP contribution in [-0.2, 0) is 6.54 Å². The van der Waals surface area contributed by atoms with Crippen LogP contribution in [0.1, 0.15) is 11.4 Å². The molecule has 1 heterocycles. The van der Waals surface area contributed by atoms with E-state index in [2.05, 4.69) is 10.3 Å². The maximum atomic E-state index is 6.00. The van der Waals surface area contributed by atoms with Crippen molar-refractivity contribution in [3.8, 4) is 11.5 Å². The zero-order valence-electron chi connectivity index (χ0n) is 11.7. The first kappa shape index (κ1) is 14.5. The maximum absolute atomic E-state index is 6.00. The molecule has 20 heavy (non-hydrogen) atoms. The van der Waals surface area contributed by atoms with E-state index in [0.29, 0.717) is 11.6 Å². The Kier molecular flexibility index (Phi) is 4.69. The van der Waals surface area contributed by atoms with Crippen molar-refractivity contribution in [1.82, 2.24) is 4.98 Å². The van der Waals surface area contributed by atoms with Gasteiger partial charge in [-0.3, -0.25) is 4.98 Å². The third kappa shape index (κ3) is 3.54. The number of hydrogen-bond acceptors (Lipinski definition) is 4. The van der Waals surface area contributed by atoms with E-state index >= 15 is 0 Å². The van der Waals surface area contributed by atoms with Crippen molar-refractivity contribution < 1.29 is 9.47 Å². The molecule has 0 amide bonds. The van der Waals surface area contributed by atoms with Crippen molar-refractivity contribution in [2.24, 2.45) is 0 Å². The molecule has 2 aromatic rings. The summed E-state index contributed by atoms with van der Waals surface area (Å²) in [5.41, 5.74) is 2.64. The molecule has 0 saturated carbocycles. The van der Waals surface area contributed by atoms with Gasteiger partial charge in [0.2, 0.25) is 0 Å². The van der Waals surface area contributed by atoms with Crippen LogP contribution in [0, 0.1) is 6.92 Å². The highest BCUT2D eigenvalue weighted by Crippen LogP contribution is 2.28. The van der Waals surface area contributed by atoms with Crippen LogP contribution in [-0.4, -0.2) is 19.2 Å². The Morgan fingerprint density at radius 1 is 1.15 bits per heavy atom. The van der Waals surface area contributed by atoms with E-state index in [1.54, 1.807) is 20.3 Å². The van der Waals surface area contributed by atoms with Gasteiger partial charge >= 0.3 is 0 Å². The Morgan fingerprint density at radius 2 is 1.95 bits per heavy atom. The highest BCUT2D eigenvalue weighted by Gasteiger charge is 2.05. The van der Waals surface area contributed by atoms with E-state index in [4.69, 9.17) is 21.1 Å². The van der Waals surface area contributed by atoms with Gasteiger partial charge < -0.3 is 14.8 Å². The smallest absolute Gasteiger partial charge is 0.142 e. The van der Waals surface area contributed by atoms with E-state index in [9.17, 15) is 0 Å². The number of nitrogens with one attached hydrogen (secondary N) is 1. The third-order valence-corrected chi connectivity index (χ3v) is 3.07. The molecule has 1 aromatic heterocycles. The van der Waals surface area contributed by atoms with Crippen molar-refractivity contribution >= 4 is 17.3 Å². The molecule has 0 unspecified atom stereocenters. The molecule has 106 valence electrons. The number of rotatable bonds is 5. The second-order valence-electron chi connectivity index (χ2n) is 4.34. The number of methoxy groups -OCH3 is 2. The summed E-state index contributed by atoms with van der Waals surface area (Å²) in [6, 6.07) is 9.24. The lowest BCUT2D eigenvalue weighted by molar-refractivity contribution is 0.413. The lowest BCUT2D eigenvalue weighted by atomic mass is 10.2. The third-order valence-electron chi connectivity index (χ3n) is 2.84. The maximum Gasteiger partial charge on any atom is 0.142 e. The average molecular weight is 293 g/mol. The number of aromatic nitrogens is 1. The summed E-state index contributed by atoms with van der Waals surface area (Å²) in [6.07, 6.45) is 0. The molecule has 0 bridgehead atoms. The topological polar surface area (TPSA) is 43.4 Å². The van der Waals surface area contributed by atoms with E-state index in [1.807, 2.05) is 31.2 Å². The van der Waals surface area contributed by atoms with Gasteiger partial charge in [0.25, 0.3) is 0 Å². The van der Waals surface area contributed by atoms with Gasteiger partial charge in [-0.1, -0.05) is 11.6 Å². The van der Waals surface area contributed by atoms with Gasteiger partial charge in [-0.15, -0.1) is 0 Å². The first-order chi connectivity index (χ1) is 9.62. The van der Waals surface area contributed by atoms with E-state index in [1.165, 1.54) is 0 Å². The van der Waals surface area contributed by atoms with Crippen LogP contribution in [0.3, 0.4) is 0 Å². The number of anilines is 1. The lowest BCUT2D eigenvalue weighted by Crippen LogP contribution is -2.04. The molecule has 0 fully saturated rings. The van der Waals surface area contributed by atoms with Crippen LogP contribution in [0.2, 0.25) is 5.02 Å². The summed E-state index contributed by atoms with van der Waals surface area (Å²) in [5.74, 6) is 1.54. The number of hydrogen-bond donors (Lipinski definition) is 1. The van der Waals surface area contributed by atoms with Crippen LogP contribution in [0.4, 0.5) is 5.69 Å². The van der Waals surface area contributed by atoms with Crippen LogP contribution < -0.4 is 14.8 Å². The van der Waals surface area contributed by atoms with Crippen molar-refractivity contribution in [2.75, 3.05) is 19.5 Å². The fourth-order valence-electron chi connectivity index (χ4n) is 1.92. The number of halogens is 1. The molecule has 5 heteroatoms. The number of benzene rings is 1. The fourth-order valence-corrected chi connectivity index (χ4v) is 2.09. The minimum Gasteiger partial charge on any atom is -0.497 e. The molecular weight excluding hydrogens is 276 g/mol. The lowest BCUT2D eigenvalue weighted by Gasteiger charge is -2.12. The Balaban J connectivity index is 2.16. The van der Waals surface area contributed by atoms with E-state index in [-0.39, 0.29) is 0 Å². The van der Waals surface area contributed by atoms with Gasteiger partial charge in [0.05, 0.1) is 32.1 Å². The SMILES string of the molecule is COc1cc(C)nc(CNc2cc(Cl)ccc2OC)c1. The molecule has 2 rings (SSSR count). The summed E-state index contributed by atoms with van der Waals surface area (Å²) < 4.78 is 10.5. The second-order valence-corrected chi connectivity index (χ2v) is 4.77. The number of pyridine rings is 1. The van der Waals surface area contributed by atoms with Gasteiger partial charge in [-0.2, -0.15) is 0 Å². The molecular formula is C15H17ClN2O2. The van der Waals surface area contributed by atoms with Crippen LogP contribution >= 0.6 is 11.6 Å². The standard InChI is InChI=1S/C15H17ClN2O2/c1-10-6-13(19-2)8-12(18-10)9-17-14-7-11(16)4-5-15(14)20-3/h4-8,17H,9H2,1-3H3. The molecule has 0 atom stereocenters. The molecule has 0 spiro atoms. The zero-order chi connectivity index (χ0) is 14.5. The largest absolute Gasteiger partial charge is 0.497 e. The molecule has 1 aromatic carbocycles. The Labute approximate surface area is 123 Å². The van der Waals surface area contributed by atoms with Gasteiger partial charge in [0.15, 0.2) is 0 Å². The highest BCUT2D eigenvalue weighted by molar-refractivity contribution is 6.30. The van der Waals surface area contributed by atoms with Gasteiger partial charge in [-0.05, 0) is 25.1 Å². The quantitative estimate of drug-likeness (QED) is 0.913. The minimum absolute atomic E-state index is 0.564. The second kappa shape index (κ2) is 6.48. The summed E-state index contributed by atoms with van der Waals surface area (Å²) in [5, 5.41) is 3.93. The van der Waals surface area contributed by atoms with E-state index < -0.39 is 0 Å². The molecule has 4 nitrogen and oxygen atoms in total. The highest BCUT2D eigenvalue weighted by atomic mass is 35.5. The first-order valence-corrected chi connectivity index (χ1v) is 6.59. The zero-order valence-corrected chi connectivity index (χ0v) is 12.5. The summed E-state index contributed by atoms with van der Waals surface area (Å²) in [6.45, 7) is 2.50. The van der Waals surface area contributed by atoms with Gasteiger partial charge in [0.1, 0.15) is 11.5 Å². The number of nitrogens with zero attached hydrogens (tertiary/aromatic N) is 1. The number of aryl methyl sites for hydroxylation is 1.